The number of nitrogens with zero attached hydrogens (tertiary/aromatic N) is 1. The van der Waals surface area contributed by atoms with E-state index in [2.05, 4.69) is 0 Å². The SMILES string of the molecule is O=C([O-])[O-].O=[N+]([O-])O.[Al+3].[Al+3].[Mg+2].[Mg+2].[Mg+2].[Mg+2].[Mg+2].[Mg+2].[OH-].[OH-].[OH-].[OH-].[OH-].[OH-].[OH-].[OH-].[OH-].[OH-].[OH-].[OH-].[OH-].[OH-].[OH-].[OH-]. The topological polar surface area (TPSA) is 607 Å². The van der Waals surface area contributed by atoms with Crippen LogP contribution < -0.4 is 10.2 Å². The van der Waals surface area contributed by atoms with Crippen molar-refractivity contribution in [2.75, 3.05) is 0 Å². The van der Waals surface area contributed by atoms with Crippen LogP contribution in [0, 0.1) is 10.1 Å². The zero-order valence-electron chi connectivity index (χ0n) is 16.0. The van der Waals surface area contributed by atoms with Gasteiger partial charge < -0.3 is 108 Å². The summed E-state index contributed by atoms with van der Waals surface area (Å²) in [5, 5.41) is 30.3. The third-order valence-corrected chi connectivity index (χ3v) is 0. The first-order valence-corrected chi connectivity index (χ1v) is 1.18. The number of carbonyl (C=O) groups excluding carboxylic acids is 1. The Labute approximate surface area is 298 Å². The van der Waals surface area contributed by atoms with Crippen LogP contribution in [0.5, 0.6) is 0 Å². The van der Waals surface area contributed by atoms with E-state index in [1.165, 1.54) is 0 Å². The van der Waals surface area contributed by atoms with Crippen LogP contribution in [0.4, 0.5) is 4.79 Å². The van der Waals surface area contributed by atoms with Crippen molar-refractivity contribution in [2.24, 2.45) is 0 Å². The van der Waals surface area contributed by atoms with Gasteiger partial charge in [0.25, 0.3) is 5.09 Å². The molecule has 0 saturated carbocycles. The Bertz CT molecular complexity index is 102. The molecule has 0 bridgehead atoms. The van der Waals surface area contributed by atoms with E-state index < -0.39 is 11.2 Å². The first-order valence-electron chi connectivity index (χ1n) is 1.18. The summed E-state index contributed by atoms with van der Waals surface area (Å²) in [7, 11) is 0. The number of carboxylic acid groups (broad SMARTS) is 2. The molecule has 0 saturated heterocycles. The van der Waals surface area contributed by atoms with Gasteiger partial charge in [-0.15, -0.1) is 10.1 Å². The molecular formula is CH17Al2Mg6NO22. The third-order valence-electron chi connectivity index (χ3n) is 0. The van der Waals surface area contributed by atoms with Crippen LogP contribution in [0.15, 0.2) is 0 Å². The van der Waals surface area contributed by atoms with Crippen molar-refractivity contribution in [3.05, 3.63) is 10.1 Å². The molecule has 23 nitrogen and oxygen atoms in total. The smallest absolute Gasteiger partial charge is 0.870 e. The first kappa shape index (κ1) is 469. The third kappa shape index (κ3) is 2900. The summed E-state index contributed by atoms with van der Waals surface area (Å²) < 4.78 is 0. The molecule has 0 aliphatic carbocycles. The van der Waals surface area contributed by atoms with E-state index in [0.717, 1.165) is 0 Å². The standard InChI is InChI=1S/CH2O3.2Al.6Mg.HNO3.16H2O/c2-1(3)4;;;;;;;;;2-1(3)4;;;;;;;;;;;;;;;;/h(H2,2,3,4);;;;;;;;;(H,2,3,4);16*1H2/q;2*+3;6*+2;;;;;;;;;;;;;;;;;/p-18. The molecule has 0 amide bonds. The monoisotopic (exact) mass is 593 g/mol. The van der Waals surface area contributed by atoms with Crippen LogP contribution in [0.25, 0.3) is 0 Å². The Morgan fingerprint density at radius 3 is 0.469 bits per heavy atom. The van der Waals surface area contributed by atoms with Crippen LogP contribution in [0.1, 0.15) is 0 Å². The second kappa shape index (κ2) is 429. The Balaban J connectivity index is -0.000000000536. The first-order chi connectivity index (χ1) is 3.46. The fourth-order valence-corrected chi connectivity index (χ4v) is 0. The predicted octanol–water partition coefficient (Wildman–Crippen LogP) is -8.67. The second-order valence-corrected chi connectivity index (χ2v) is 0.488. The van der Waals surface area contributed by atoms with Gasteiger partial charge in [0.15, 0.2) is 0 Å². The molecule has 32 heavy (non-hydrogen) atoms. The number of carbonyl (C=O) groups is 1. The Morgan fingerprint density at radius 1 is 0.469 bits per heavy atom. The minimum Gasteiger partial charge on any atom is -0.870 e. The zero-order chi connectivity index (χ0) is 7.15. The van der Waals surface area contributed by atoms with Crippen molar-refractivity contribution < 1.29 is 113 Å². The molecule has 0 heterocycles. The number of hydrogen-bond donors (Lipinski definition) is 1. The Kier molecular flexibility index (Phi) is 6290. The van der Waals surface area contributed by atoms with Gasteiger partial charge >= 0.3 is 173 Å². The van der Waals surface area contributed by atoms with Gasteiger partial charge in [0, 0.05) is 0 Å². The molecule has 0 aromatic heterocycles. The van der Waals surface area contributed by atoms with Gasteiger partial charge in [0.05, 0.1) is 0 Å². The fraction of sp³-hybridized carbons (Fsp3) is 0. The summed E-state index contributed by atoms with van der Waals surface area (Å²) in [6.45, 7) is 0. The van der Waals surface area contributed by atoms with Crippen LogP contribution in [-0.4, -0.2) is 277 Å². The molecule has 31 heteroatoms. The van der Waals surface area contributed by atoms with Crippen molar-refractivity contribution in [2.45, 2.75) is 0 Å². The van der Waals surface area contributed by atoms with Crippen LogP contribution in [0.2, 0.25) is 0 Å². The van der Waals surface area contributed by atoms with Crippen molar-refractivity contribution in [1.29, 1.82) is 0 Å². The summed E-state index contributed by atoms with van der Waals surface area (Å²) in [5.74, 6) is 0. The molecule has 0 aromatic carbocycles. The van der Waals surface area contributed by atoms with E-state index in [1.54, 1.807) is 0 Å². The summed E-state index contributed by atoms with van der Waals surface area (Å²) in [5.41, 5.74) is 0. The van der Waals surface area contributed by atoms with Gasteiger partial charge in [-0.25, -0.2) is 0 Å². The van der Waals surface area contributed by atoms with E-state index >= 15 is 0 Å². The average Bonchev–Trinajstić information content (AvgIpc) is 1.25. The molecule has 17 N–H and O–H groups in total. The summed E-state index contributed by atoms with van der Waals surface area (Å²) in [6.07, 6.45) is -2.33. The molecule has 0 atom stereocenters. The van der Waals surface area contributed by atoms with Gasteiger partial charge in [-0.05, 0) is 6.16 Å². The Hall–Kier alpha value is 3.49. The van der Waals surface area contributed by atoms with E-state index in [1.807, 2.05) is 0 Å². The van der Waals surface area contributed by atoms with Gasteiger partial charge in [0.2, 0.25) is 0 Å². The normalized spacial score (nSPS) is 1.50. The molecule has 0 radical (unpaired) electrons. The van der Waals surface area contributed by atoms with Gasteiger partial charge in [-0.2, -0.15) is 0 Å². The van der Waals surface area contributed by atoms with Crippen molar-refractivity contribution in [3.63, 3.8) is 0 Å². The fourth-order valence-electron chi connectivity index (χ4n) is 0. The molecule has 0 unspecified atom stereocenters. The molecule has 0 fully saturated rings. The molecule has 0 aliphatic rings. The maximum Gasteiger partial charge on any atom is 3.00 e. The van der Waals surface area contributed by atoms with Crippen molar-refractivity contribution >= 4 is 179 Å². The summed E-state index contributed by atoms with van der Waals surface area (Å²) >= 11 is 0. The minimum atomic E-state index is -2.33. The number of rotatable bonds is 0. The maximum atomic E-state index is 8.36. The zero-order valence-corrected chi connectivity index (χ0v) is 26.8. The molecular weight excluding hydrogens is 578 g/mol. The largest absolute Gasteiger partial charge is 3.00 e. The molecule has 0 rings (SSSR count). The van der Waals surface area contributed by atoms with E-state index in [4.69, 9.17) is 30.3 Å². The van der Waals surface area contributed by atoms with Crippen LogP contribution in [0.3, 0.4) is 0 Å². The molecule has 0 aliphatic heterocycles. The second-order valence-electron chi connectivity index (χ2n) is 0.488. The van der Waals surface area contributed by atoms with Crippen LogP contribution in [-0.2, 0) is 0 Å². The van der Waals surface area contributed by atoms with Crippen molar-refractivity contribution in [1.82, 2.24) is 0 Å². The summed E-state index contributed by atoms with van der Waals surface area (Å²) in [4.78, 5) is 16.7. The van der Waals surface area contributed by atoms with Gasteiger partial charge in [-0.1, -0.05) is 0 Å². The molecule has 0 aromatic rings. The quantitative estimate of drug-likeness (QED) is 0.154. The van der Waals surface area contributed by atoms with Crippen molar-refractivity contribution in [3.8, 4) is 0 Å². The van der Waals surface area contributed by atoms with E-state index in [9.17, 15) is 0 Å². The minimum absolute atomic E-state index is 0. The van der Waals surface area contributed by atoms with Gasteiger partial charge in [0.1, 0.15) is 0 Å². The molecule has 176 valence electrons. The summed E-state index contributed by atoms with van der Waals surface area (Å²) in [6, 6.07) is 0. The Morgan fingerprint density at radius 2 is 0.469 bits per heavy atom. The number of hydrogen-bond acceptors (Lipinski definition) is 21. The average molecular weight is 595 g/mol. The van der Waals surface area contributed by atoms with Gasteiger partial charge in [-0.3, -0.25) is 0 Å². The maximum absolute atomic E-state index is 8.36. The van der Waals surface area contributed by atoms with E-state index in [-0.39, 0.29) is 261 Å². The molecule has 0 spiro atoms. The van der Waals surface area contributed by atoms with Crippen LogP contribution >= 0.6 is 0 Å². The van der Waals surface area contributed by atoms with E-state index in [0.29, 0.717) is 0 Å². The predicted molar refractivity (Wildman–Crippen MR) is 91.2 cm³/mol.